The molecule has 124 valence electrons. The fraction of sp³-hybridized carbons (Fsp3) is 0.875. The van der Waals surface area contributed by atoms with Gasteiger partial charge in [0, 0.05) is 0 Å². The van der Waals surface area contributed by atoms with Crippen molar-refractivity contribution in [3.8, 4) is 0 Å². The van der Waals surface area contributed by atoms with Crippen LogP contribution >= 0.6 is 0 Å². The first-order valence-electron chi connectivity index (χ1n) is 8.22. The van der Waals surface area contributed by atoms with E-state index < -0.39 is 12.3 Å². The van der Waals surface area contributed by atoms with Crippen molar-refractivity contribution in [2.75, 3.05) is 13.2 Å². The molecule has 5 heteroatoms. The molecule has 0 fully saturated rings. The molecule has 0 aromatic heterocycles. The molecule has 0 saturated heterocycles. The molecular weight excluding hydrogens is 272 g/mol. The largest absolute Gasteiger partial charge is 0.518 e. The van der Waals surface area contributed by atoms with Crippen molar-refractivity contribution in [2.24, 2.45) is 0 Å². The van der Waals surface area contributed by atoms with E-state index in [-0.39, 0.29) is 13.2 Å². The summed E-state index contributed by atoms with van der Waals surface area (Å²) >= 11 is 0. The minimum Gasteiger partial charge on any atom is -0.434 e. The molecule has 0 aromatic rings. The van der Waals surface area contributed by atoms with E-state index >= 15 is 0 Å². The Hall–Kier alpha value is -1.26. The highest BCUT2D eigenvalue weighted by Gasteiger charge is 2.12. The smallest absolute Gasteiger partial charge is 0.434 e. The Morgan fingerprint density at radius 1 is 0.619 bits per heavy atom. The molecule has 0 aromatic carbocycles. The SMILES string of the molecule is CCCCCCCOC(=O)OC(=O)OCCCCCCC. The summed E-state index contributed by atoms with van der Waals surface area (Å²) in [6.07, 6.45) is 8.67. The van der Waals surface area contributed by atoms with Crippen LogP contribution in [0.25, 0.3) is 0 Å². The van der Waals surface area contributed by atoms with Crippen LogP contribution < -0.4 is 0 Å². The van der Waals surface area contributed by atoms with Crippen molar-refractivity contribution >= 4 is 12.3 Å². The summed E-state index contributed by atoms with van der Waals surface area (Å²) in [5, 5.41) is 0. The number of ether oxygens (including phenoxy) is 3. The number of unbranched alkanes of at least 4 members (excludes halogenated alkanes) is 8. The molecule has 0 spiro atoms. The van der Waals surface area contributed by atoms with Crippen molar-refractivity contribution in [3.63, 3.8) is 0 Å². The summed E-state index contributed by atoms with van der Waals surface area (Å²) in [4.78, 5) is 22.3. The third kappa shape index (κ3) is 15.0. The highest BCUT2D eigenvalue weighted by molar-refractivity contribution is 5.76. The van der Waals surface area contributed by atoms with Crippen LogP contribution in [0.15, 0.2) is 0 Å². The van der Waals surface area contributed by atoms with Crippen molar-refractivity contribution in [1.29, 1.82) is 0 Å². The lowest BCUT2D eigenvalue weighted by molar-refractivity contribution is 0.0353. The van der Waals surface area contributed by atoms with Gasteiger partial charge in [0.25, 0.3) is 0 Å². The molecule has 0 saturated carbocycles. The van der Waals surface area contributed by atoms with E-state index in [4.69, 9.17) is 9.47 Å². The van der Waals surface area contributed by atoms with Gasteiger partial charge in [-0.3, -0.25) is 0 Å². The second-order valence-electron chi connectivity index (χ2n) is 5.13. The number of rotatable bonds is 12. The average Bonchev–Trinajstić information content (AvgIpc) is 2.46. The number of hydrogen-bond donors (Lipinski definition) is 0. The quantitative estimate of drug-likeness (QED) is 0.281. The Kier molecular flexibility index (Phi) is 14.2. The van der Waals surface area contributed by atoms with Crippen molar-refractivity contribution in [2.45, 2.75) is 78.1 Å². The Morgan fingerprint density at radius 2 is 1.00 bits per heavy atom. The third-order valence-corrected chi connectivity index (χ3v) is 3.10. The zero-order valence-corrected chi connectivity index (χ0v) is 13.5. The van der Waals surface area contributed by atoms with Crippen molar-refractivity contribution in [3.05, 3.63) is 0 Å². The number of carbonyl (C=O) groups excluding carboxylic acids is 2. The van der Waals surface area contributed by atoms with Crippen LogP contribution in [0.5, 0.6) is 0 Å². The Morgan fingerprint density at radius 3 is 1.38 bits per heavy atom. The van der Waals surface area contributed by atoms with Gasteiger partial charge in [-0.25, -0.2) is 9.59 Å². The van der Waals surface area contributed by atoms with Gasteiger partial charge in [0.2, 0.25) is 0 Å². The van der Waals surface area contributed by atoms with Crippen LogP contribution in [0.4, 0.5) is 9.59 Å². The van der Waals surface area contributed by atoms with E-state index in [1.165, 1.54) is 25.7 Å². The Labute approximate surface area is 128 Å². The summed E-state index contributed by atoms with van der Waals surface area (Å²) in [7, 11) is 0. The first-order chi connectivity index (χ1) is 10.2. The lowest BCUT2D eigenvalue weighted by Gasteiger charge is -2.06. The Bertz CT molecular complexity index is 239. The molecule has 0 bridgehead atoms. The van der Waals surface area contributed by atoms with Crippen molar-refractivity contribution in [1.82, 2.24) is 0 Å². The van der Waals surface area contributed by atoms with Gasteiger partial charge in [0.1, 0.15) is 0 Å². The maximum Gasteiger partial charge on any atom is 0.518 e. The van der Waals surface area contributed by atoms with Gasteiger partial charge in [-0.15, -0.1) is 0 Å². The predicted molar refractivity (Wildman–Crippen MR) is 81.3 cm³/mol. The summed E-state index contributed by atoms with van der Waals surface area (Å²) in [6, 6.07) is 0. The van der Waals surface area contributed by atoms with Crippen molar-refractivity contribution < 1.29 is 23.8 Å². The number of hydrogen-bond acceptors (Lipinski definition) is 5. The minimum absolute atomic E-state index is 0.285. The standard InChI is InChI=1S/C16H30O5/c1-3-5-7-9-11-13-19-15(17)21-16(18)20-14-12-10-8-6-4-2/h3-14H2,1-2H3. The molecule has 0 N–H and O–H groups in total. The average molecular weight is 302 g/mol. The molecule has 0 rings (SSSR count). The second-order valence-corrected chi connectivity index (χ2v) is 5.13. The molecule has 0 radical (unpaired) electrons. The van der Waals surface area contributed by atoms with Crippen LogP contribution in [-0.2, 0) is 14.2 Å². The molecule has 0 aliphatic rings. The lowest BCUT2D eigenvalue weighted by atomic mass is 10.2. The molecule has 5 nitrogen and oxygen atoms in total. The van der Waals surface area contributed by atoms with Gasteiger partial charge in [0.15, 0.2) is 0 Å². The Balaban J connectivity index is 3.38. The molecule has 21 heavy (non-hydrogen) atoms. The fourth-order valence-electron chi connectivity index (χ4n) is 1.85. The van der Waals surface area contributed by atoms with Crippen LogP contribution in [0.2, 0.25) is 0 Å². The first-order valence-corrected chi connectivity index (χ1v) is 8.22. The van der Waals surface area contributed by atoms with Crippen LogP contribution in [0, 0.1) is 0 Å². The molecule has 0 amide bonds. The highest BCUT2D eigenvalue weighted by Crippen LogP contribution is 2.04. The normalized spacial score (nSPS) is 10.2. The minimum atomic E-state index is -0.971. The summed E-state index contributed by atoms with van der Waals surface area (Å²) in [5.74, 6) is 0. The zero-order valence-electron chi connectivity index (χ0n) is 13.5. The van der Waals surface area contributed by atoms with Gasteiger partial charge >= 0.3 is 12.3 Å². The molecule has 0 atom stereocenters. The lowest BCUT2D eigenvalue weighted by Crippen LogP contribution is -2.16. The van der Waals surface area contributed by atoms with Crippen LogP contribution in [0.3, 0.4) is 0 Å². The summed E-state index contributed by atoms with van der Waals surface area (Å²) in [5.41, 5.74) is 0. The first kappa shape index (κ1) is 19.7. The van der Waals surface area contributed by atoms with Gasteiger partial charge in [-0.2, -0.15) is 0 Å². The van der Waals surface area contributed by atoms with Gasteiger partial charge < -0.3 is 14.2 Å². The molecule has 0 heterocycles. The molecule has 0 aliphatic carbocycles. The maximum absolute atomic E-state index is 11.2. The monoisotopic (exact) mass is 302 g/mol. The van der Waals surface area contributed by atoms with E-state index in [0.29, 0.717) is 0 Å². The molecular formula is C16H30O5. The van der Waals surface area contributed by atoms with Gasteiger partial charge in [-0.05, 0) is 12.8 Å². The van der Waals surface area contributed by atoms with Gasteiger partial charge in [0.05, 0.1) is 13.2 Å². The third-order valence-electron chi connectivity index (χ3n) is 3.10. The van der Waals surface area contributed by atoms with Gasteiger partial charge in [-0.1, -0.05) is 65.2 Å². The zero-order chi connectivity index (χ0) is 15.8. The van der Waals surface area contributed by atoms with E-state index in [0.717, 1.165) is 38.5 Å². The van der Waals surface area contributed by atoms with E-state index in [2.05, 4.69) is 18.6 Å². The van der Waals surface area contributed by atoms with E-state index in [9.17, 15) is 9.59 Å². The van der Waals surface area contributed by atoms with E-state index in [1.54, 1.807) is 0 Å². The van der Waals surface area contributed by atoms with Crippen LogP contribution in [0.1, 0.15) is 78.1 Å². The number of carbonyl (C=O) groups is 2. The molecule has 0 aliphatic heterocycles. The van der Waals surface area contributed by atoms with Crippen LogP contribution in [-0.4, -0.2) is 25.5 Å². The van der Waals surface area contributed by atoms with E-state index in [1.807, 2.05) is 0 Å². The summed E-state index contributed by atoms with van der Waals surface area (Å²) < 4.78 is 14.0. The molecule has 0 unspecified atom stereocenters. The summed E-state index contributed by atoms with van der Waals surface area (Å²) in [6.45, 7) is 4.85. The topological polar surface area (TPSA) is 61.8 Å². The second kappa shape index (κ2) is 15.1. The predicted octanol–water partition coefficient (Wildman–Crippen LogP) is 5.22. The fourth-order valence-corrected chi connectivity index (χ4v) is 1.85. The highest BCUT2D eigenvalue weighted by atomic mass is 16.8. The maximum atomic E-state index is 11.2.